The lowest BCUT2D eigenvalue weighted by atomic mass is 9.46. The summed E-state index contributed by atoms with van der Waals surface area (Å²) in [5.41, 5.74) is 1.58. The highest BCUT2D eigenvalue weighted by atomic mass is 16.3. The van der Waals surface area contributed by atoms with E-state index in [1.54, 1.807) is 0 Å². The fraction of sp³-hybridized carbons (Fsp3) is 0.850. The fourth-order valence-electron chi connectivity index (χ4n) is 7.03. The van der Waals surface area contributed by atoms with Crippen molar-refractivity contribution >= 4 is 5.78 Å². The van der Waals surface area contributed by atoms with Crippen LogP contribution in [0, 0.1) is 28.6 Å². The molecule has 0 aromatic rings. The number of ketones is 1. The summed E-state index contributed by atoms with van der Waals surface area (Å²) in [6.45, 7) is 2.59. The number of fused-ring (bicyclic) bond motifs is 5. The minimum absolute atomic E-state index is 0.0298. The van der Waals surface area contributed by atoms with Gasteiger partial charge in [0, 0.05) is 18.4 Å². The van der Waals surface area contributed by atoms with Crippen LogP contribution in [-0.2, 0) is 4.79 Å². The van der Waals surface area contributed by atoms with Crippen LogP contribution < -0.4 is 0 Å². The third-order valence-electron chi connectivity index (χ3n) is 8.21. The van der Waals surface area contributed by atoms with Gasteiger partial charge in [-0.3, -0.25) is 4.79 Å². The topological polar surface area (TPSA) is 57.5 Å². The lowest BCUT2D eigenvalue weighted by molar-refractivity contribution is -0.119. The van der Waals surface area contributed by atoms with E-state index in [-0.39, 0.29) is 23.5 Å². The molecule has 0 aliphatic heterocycles. The van der Waals surface area contributed by atoms with E-state index < -0.39 is 0 Å². The lowest BCUT2D eigenvalue weighted by Crippen LogP contribution is -2.52. The van der Waals surface area contributed by atoms with Crippen LogP contribution in [0.1, 0.15) is 64.7 Å². The minimum atomic E-state index is -0.224. The Morgan fingerprint density at radius 2 is 1.96 bits per heavy atom. The molecule has 3 saturated carbocycles. The van der Waals surface area contributed by atoms with Gasteiger partial charge >= 0.3 is 0 Å². The second kappa shape index (κ2) is 5.42. The first-order valence-corrected chi connectivity index (χ1v) is 9.54. The van der Waals surface area contributed by atoms with Crippen LogP contribution in [0.4, 0.5) is 0 Å². The second-order valence-corrected chi connectivity index (χ2v) is 8.81. The van der Waals surface area contributed by atoms with Crippen LogP contribution in [-0.4, -0.2) is 28.7 Å². The monoisotopic (exact) mass is 318 g/mol. The first kappa shape index (κ1) is 15.8. The maximum atomic E-state index is 11.8. The lowest BCUT2D eigenvalue weighted by Gasteiger charge is -2.58. The van der Waals surface area contributed by atoms with Crippen molar-refractivity contribution in [1.82, 2.24) is 0 Å². The molecule has 3 heteroatoms. The van der Waals surface area contributed by atoms with Crippen LogP contribution >= 0.6 is 0 Å². The molecule has 0 spiro atoms. The SMILES string of the molecule is C[C@]12CCC(=O)C=C1CCC1C3CC[C@H](O)[C@@]3(CCO)CCC12. The predicted molar refractivity (Wildman–Crippen MR) is 88.7 cm³/mol. The van der Waals surface area contributed by atoms with Crippen molar-refractivity contribution in [1.29, 1.82) is 0 Å². The van der Waals surface area contributed by atoms with Gasteiger partial charge in [0.15, 0.2) is 5.78 Å². The fourth-order valence-corrected chi connectivity index (χ4v) is 7.03. The number of carbonyl (C=O) groups excluding carboxylic acids is 1. The Labute approximate surface area is 139 Å². The van der Waals surface area contributed by atoms with Crippen molar-refractivity contribution in [2.24, 2.45) is 28.6 Å². The van der Waals surface area contributed by atoms with E-state index in [0.29, 0.717) is 30.0 Å². The molecule has 0 radical (unpaired) electrons. The van der Waals surface area contributed by atoms with Gasteiger partial charge in [-0.1, -0.05) is 12.5 Å². The van der Waals surface area contributed by atoms with E-state index in [0.717, 1.165) is 44.9 Å². The quantitative estimate of drug-likeness (QED) is 0.822. The van der Waals surface area contributed by atoms with Gasteiger partial charge in [-0.05, 0) is 80.6 Å². The number of carbonyl (C=O) groups is 1. The Kier molecular flexibility index (Phi) is 3.73. The molecule has 3 nitrogen and oxygen atoms in total. The highest BCUT2D eigenvalue weighted by Crippen LogP contribution is 2.66. The van der Waals surface area contributed by atoms with Crippen LogP contribution in [0.15, 0.2) is 11.6 Å². The predicted octanol–water partition coefficient (Wildman–Crippen LogP) is 3.24. The van der Waals surface area contributed by atoms with Gasteiger partial charge in [0.2, 0.25) is 0 Å². The molecule has 0 bridgehead atoms. The molecule has 2 N–H and O–H groups in total. The van der Waals surface area contributed by atoms with Crippen molar-refractivity contribution in [2.75, 3.05) is 6.61 Å². The van der Waals surface area contributed by atoms with Crippen molar-refractivity contribution in [3.8, 4) is 0 Å². The molecule has 4 aliphatic carbocycles. The third kappa shape index (κ3) is 2.12. The van der Waals surface area contributed by atoms with Crippen molar-refractivity contribution < 1.29 is 15.0 Å². The third-order valence-corrected chi connectivity index (χ3v) is 8.21. The maximum absolute atomic E-state index is 11.8. The average molecular weight is 318 g/mol. The van der Waals surface area contributed by atoms with E-state index in [1.807, 2.05) is 6.08 Å². The van der Waals surface area contributed by atoms with Gasteiger partial charge in [0.05, 0.1) is 6.10 Å². The van der Waals surface area contributed by atoms with Crippen LogP contribution in [0.2, 0.25) is 0 Å². The summed E-state index contributed by atoms with van der Waals surface area (Å²) in [5, 5.41) is 20.2. The average Bonchev–Trinajstić information content (AvgIpc) is 2.86. The zero-order valence-electron chi connectivity index (χ0n) is 14.3. The van der Waals surface area contributed by atoms with Crippen LogP contribution in [0.3, 0.4) is 0 Å². The Balaban J connectivity index is 1.67. The minimum Gasteiger partial charge on any atom is -0.396 e. The first-order chi connectivity index (χ1) is 11.0. The summed E-state index contributed by atoms with van der Waals surface area (Å²) in [6, 6.07) is 0. The molecule has 4 rings (SSSR count). The van der Waals surface area contributed by atoms with Crippen molar-refractivity contribution in [3.63, 3.8) is 0 Å². The summed E-state index contributed by atoms with van der Waals surface area (Å²) in [4.78, 5) is 11.8. The number of hydrogen-bond acceptors (Lipinski definition) is 3. The molecule has 0 aromatic heterocycles. The van der Waals surface area contributed by atoms with Crippen molar-refractivity contribution in [3.05, 3.63) is 11.6 Å². The number of aliphatic hydroxyl groups excluding tert-OH is 2. The Morgan fingerprint density at radius 3 is 2.74 bits per heavy atom. The van der Waals surface area contributed by atoms with E-state index in [4.69, 9.17) is 0 Å². The smallest absolute Gasteiger partial charge is 0.155 e. The normalized spacial score (nSPS) is 49.2. The van der Waals surface area contributed by atoms with Crippen molar-refractivity contribution in [2.45, 2.75) is 70.8 Å². The van der Waals surface area contributed by atoms with Crippen LogP contribution in [0.5, 0.6) is 0 Å². The van der Waals surface area contributed by atoms with Crippen LogP contribution in [0.25, 0.3) is 0 Å². The largest absolute Gasteiger partial charge is 0.396 e. The molecule has 0 amide bonds. The highest BCUT2D eigenvalue weighted by Gasteiger charge is 2.60. The number of rotatable bonds is 2. The first-order valence-electron chi connectivity index (χ1n) is 9.54. The highest BCUT2D eigenvalue weighted by molar-refractivity contribution is 5.91. The molecule has 3 unspecified atom stereocenters. The number of allylic oxidation sites excluding steroid dienone is 1. The molecule has 0 saturated heterocycles. The number of hydrogen-bond donors (Lipinski definition) is 2. The van der Waals surface area contributed by atoms with Gasteiger partial charge in [0.1, 0.15) is 0 Å². The molecular formula is C20H30O3. The van der Waals surface area contributed by atoms with Gasteiger partial charge in [0.25, 0.3) is 0 Å². The van der Waals surface area contributed by atoms with Gasteiger partial charge < -0.3 is 10.2 Å². The van der Waals surface area contributed by atoms with E-state index in [2.05, 4.69) is 6.92 Å². The summed E-state index contributed by atoms with van der Waals surface area (Å²) in [6.07, 6.45) is 10.7. The molecule has 128 valence electrons. The van der Waals surface area contributed by atoms with Gasteiger partial charge in [-0.15, -0.1) is 0 Å². The molecule has 0 heterocycles. The second-order valence-electron chi connectivity index (χ2n) is 8.81. The van der Waals surface area contributed by atoms with E-state index in [9.17, 15) is 15.0 Å². The Bertz CT molecular complexity index is 539. The van der Waals surface area contributed by atoms with Gasteiger partial charge in [-0.25, -0.2) is 0 Å². The zero-order valence-corrected chi connectivity index (χ0v) is 14.3. The van der Waals surface area contributed by atoms with E-state index in [1.165, 1.54) is 12.0 Å². The Hall–Kier alpha value is -0.670. The Morgan fingerprint density at radius 1 is 1.13 bits per heavy atom. The standard InChI is InChI=1S/C20H30O3/c1-19-8-6-14(22)12-13(19)2-3-15-16(19)7-9-20(10-11-21)17(15)4-5-18(20)23/h12,15-18,21,23H,2-11H2,1H3/t15?,16?,17?,18-,19-,20+/m0/s1. The number of aliphatic hydroxyl groups is 2. The zero-order chi connectivity index (χ0) is 16.2. The molecule has 6 atom stereocenters. The molecule has 23 heavy (non-hydrogen) atoms. The molecular weight excluding hydrogens is 288 g/mol. The summed E-state index contributed by atoms with van der Waals surface area (Å²) >= 11 is 0. The summed E-state index contributed by atoms with van der Waals surface area (Å²) in [5.74, 6) is 2.22. The van der Waals surface area contributed by atoms with E-state index >= 15 is 0 Å². The summed E-state index contributed by atoms with van der Waals surface area (Å²) < 4.78 is 0. The molecule has 4 aliphatic rings. The molecule has 3 fully saturated rings. The van der Waals surface area contributed by atoms with Gasteiger partial charge in [-0.2, -0.15) is 0 Å². The molecule has 0 aromatic carbocycles. The maximum Gasteiger partial charge on any atom is 0.155 e. The summed E-state index contributed by atoms with van der Waals surface area (Å²) in [7, 11) is 0.